The van der Waals surface area contributed by atoms with Crippen LogP contribution in [0.15, 0.2) is 103 Å². The minimum absolute atomic E-state index is 0.180. The van der Waals surface area contributed by atoms with E-state index < -0.39 is 17.6 Å². The Morgan fingerprint density at radius 1 is 0.979 bits per heavy atom. The van der Waals surface area contributed by atoms with Crippen molar-refractivity contribution in [2.75, 3.05) is 32.7 Å². The van der Waals surface area contributed by atoms with Gasteiger partial charge in [-0.2, -0.15) is 0 Å². The van der Waals surface area contributed by atoms with E-state index >= 15 is 0 Å². The summed E-state index contributed by atoms with van der Waals surface area (Å²) in [6.45, 7) is 5.79. The zero-order valence-electron chi connectivity index (χ0n) is 27.5. The molecular weight excluding hydrogens is 602 g/mol. The van der Waals surface area contributed by atoms with Gasteiger partial charge in [0.05, 0.1) is 0 Å². The standard InChI is InChI=1S/C39H45N5O4/c1-39(32-14-6-3-7-15-32,28-44-36(45)35(41-37(44)46)25-31-26-40-34-17-9-8-16-33(31)34)20-24-42-22-18-29(19-23-42)13-10-21-43(38(47)48)27-30-11-4-2-5-12-30/h2-17,26,29,35,40H,18-25,27-28H2,1H3,(H,41,46)(H,47,48)/p-1/t35-,39?/m1/s1. The van der Waals surface area contributed by atoms with Gasteiger partial charge in [-0.1, -0.05) is 97.9 Å². The van der Waals surface area contributed by atoms with Crippen molar-refractivity contribution in [3.8, 4) is 0 Å². The van der Waals surface area contributed by atoms with Gasteiger partial charge in [-0.3, -0.25) is 9.69 Å². The van der Waals surface area contributed by atoms with Gasteiger partial charge in [0.1, 0.15) is 12.1 Å². The number of piperidine rings is 1. The average Bonchev–Trinajstić information content (AvgIpc) is 3.63. The van der Waals surface area contributed by atoms with Crippen LogP contribution >= 0.6 is 0 Å². The number of para-hydroxylation sites is 1. The summed E-state index contributed by atoms with van der Waals surface area (Å²) in [4.78, 5) is 47.0. The van der Waals surface area contributed by atoms with Crippen LogP contribution in [-0.2, 0) is 23.2 Å². The van der Waals surface area contributed by atoms with Gasteiger partial charge in [-0.25, -0.2) is 4.79 Å². The maximum absolute atomic E-state index is 13.7. The predicted octanol–water partition coefficient (Wildman–Crippen LogP) is 5.09. The molecule has 0 radical (unpaired) electrons. The van der Waals surface area contributed by atoms with Crippen LogP contribution in [0.1, 0.15) is 42.9 Å². The molecule has 4 aromatic rings. The molecular formula is C39H44N5O4-. The molecule has 2 aliphatic rings. The summed E-state index contributed by atoms with van der Waals surface area (Å²) in [6, 6.07) is 26.8. The predicted molar refractivity (Wildman–Crippen MR) is 185 cm³/mol. The molecule has 2 fully saturated rings. The Morgan fingerprint density at radius 2 is 1.67 bits per heavy atom. The second-order valence-corrected chi connectivity index (χ2v) is 13.4. The van der Waals surface area contributed by atoms with Crippen LogP contribution in [0.25, 0.3) is 10.9 Å². The van der Waals surface area contributed by atoms with E-state index in [0.717, 1.165) is 66.5 Å². The maximum Gasteiger partial charge on any atom is 0.324 e. The van der Waals surface area contributed by atoms with Gasteiger partial charge in [0, 0.05) is 48.6 Å². The van der Waals surface area contributed by atoms with Crippen molar-refractivity contribution in [3.63, 3.8) is 0 Å². The number of carboxylic acid groups (broad SMARTS) is 1. The smallest absolute Gasteiger partial charge is 0.324 e. The molecule has 9 nitrogen and oxygen atoms in total. The molecule has 1 unspecified atom stereocenters. The topological polar surface area (TPSA) is 112 Å². The molecule has 0 aliphatic carbocycles. The lowest BCUT2D eigenvalue weighted by Crippen LogP contribution is -2.45. The number of hydrogen-bond acceptors (Lipinski definition) is 5. The summed E-state index contributed by atoms with van der Waals surface area (Å²) in [5, 5.41) is 15.7. The summed E-state index contributed by atoms with van der Waals surface area (Å²) in [7, 11) is 0. The number of hydrogen-bond donors (Lipinski definition) is 2. The zero-order chi connectivity index (χ0) is 33.5. The fourth-order valence-corrected chi connectivity index (χ4v) is 7.05. The number of carbonyl (C=O) groups is 3. The average molecular weight is 647 g/mol. The van der Waals surface area contributed by atoms with E-state index in [2.05, 4.69) is 40.3 Å². The molecule has 2 N–H and O–H groups in total. The third-order valence-corrected chi connectivity index (χ3v) is 10.0. The molecule has 0 spiro atoms. The molecule has 6 rings (SSSR count). The van der Waals surface area contributed by atoms with E-state index in [0.29, 0.717) is 32.0 Å². The van der Waals surface area contributed by atoms with Gasteiger partial charge in [0.15, 0.2) is 0 Å². The van der Waals surface area contributed by atoms with Crippen LogP contribution in [0.4, 0.5) is 9.59 Å². The highest BCUT2D eigenvalue weighted by Gasteiger charge is 2.42. The maximum atomic E-state index is 13.7. The molecule has 3 heterocycles. The van der Waals surface area contributed by atoms with Crippen molar-refractivity contribution < 1.29 is 19.5 Å². The summed E-state index contributed by atoms with van der Waals surface area (Å²) in [6.07, 6.45) is 8.07. The van der Waals surface area contributed by atoms with Crippen LogP contribution in [-0.4, -0.2) is 76.5 Å². The number of nitrogens with one attached hydrogen (secondary N) is 2. The Kier molecular flexibility index (Phi) is 10.3. The first-order valence-corrected chi connectivity index (χ1v) is 16.9. The van der Waals surface area contributed by atoms with Gasteiger partial charge in [-0.05, 0) is 67.6 Å². The van der Waals surface area contributed by atoms with E-state index in [1.54, 1.807) is 0 Å². The summed E-state index contributed by atoms with van der Waals surface area (Å²) in [5.41, 5.74) is 3.65. The number of fused-ring (bicyclic) bond motifs is 1. The highest BCUT2D eigenvalue weighted by atomic mass is 16.4. The quantitative estimate of drug-likeness (QED) is 0.155. The Labute approximate surface area is 282 Å². The van der Waals surface area contributed by atoms with Crippen LogP contribution in [0.5, 0.6) is 0 Å². The number of carbonyl (C=O) groups excluding carboxylic acids is 3. The molecule has 3 aromatic carbocycles. The summed E-state index contributed by atoms with van der Waals surface area (Å²) in [5.74, 6) is 0.211. The number of nitrogens with zero attached hydrogens (tertiary/aromatic N) is 3. The fraction of sp³-hybridized carbons (Fsp3) is 0.359. The molecule has 0 bridgehead atoms. The Hall–Kier alpha value is -4.89. The molecule has 250 valence electrons. The number of benzene rings is 3. The van der Waals surface area contributed by atoms with Crippen molar-refractivity contribution in [3.05, 3.63) is 120 Å². The molecule has 1 aromatic heterocycles. The third kappa shape index (κ3) is 7.80. The lowest BCUT2D eigenvalue weighted by Gasteiger charge is -2.37. The van der Waals surface area contributed by atoms with Gasteiger partial charge >= 0.3 is 6.03 Å². The number of likely N-dealkylation sites (tertiary alicyclic amines) is 1. The largest absolute Gasteiger partial charge is 0.530 e. The van der Waals surface area contributed by atoms with E-state index in [1.807, 2.05) is 85.1 Å². The SMILES string of the molecule is CC(CCN1CCC(C=CCN(Cc2ccccc2)C(=O)[O-])CC1)(CN1C(=O)N[C@H](Cc2c[nH]c3ccccc23)C1=O)c1ccccc1. The monoisotopic (exact) mass is 646 g/mol. The van der Waals surface area contributed by atoms with E-state index in [9.17, 15) is 19.5 Å². The summed E-state index contributed by atoms with van der Waals surface area (Å²) >= 11 is 0. The second-order valence-electron chi connectivity index (χ2n) is 13.4. The highest BCUT2D eigenvalue weighted by molar-refractivity contribution is 6.04. The second kappa shape index (κ2) is 14.9. The number of amides is 4. The van der Waals surface area contributed by atoms with Gasteiger partial charge in [0.2, 0.25) is 0 Å². The lowest BCUT2D eigenvalue weighted by molar-refractivity contribution is -0.265. The first-order valence-electron chi connectivity index (χ1n) is 16.9. The van der Waals surface area contributed by atoms with Crippen LogP contribution in [0.2, 0.25) is 0 Å². The number of allylic oxidation sites excluding steroid dienone is 1. The number of H-pyrrole nitrogens is 1. The van der Waals surface area contributed by atoms with Gasteiger partial charge in [0.25, 0.3) is 5.91 Å². The summed E-state index contributed by atoms with van der Waals surface area (Å²) < 4.78 is 0. The first-order chi connectivity index (χ1) is 23.3. The Morgan fingerprint density at radius 3 is 2.40 bits per heavy atom. The molecule has 9 heteroatoms. The zero-order valence-corrected chi connectivity index (χ0v) is 27.5. The first kappa shape index (κ1) is 33.0. The van der Waals surface area contributed by atoms with Crippen molar-refractivity contribution in [2.24, 2.45) is 5.92 Å². The minimum Gasteiger partial charge on any atom is -0.530 e. The molecule has 2 aliphatic heterocycles. The van der Waals surface area contributed by atoms with Gasteiger partial charge in [-0.15, -0.1) is 0 Å². The van der Waals surface area contributed by atoms with Crippen LogP contribution < -0.4 is 10.4 Å². The normalized spacial score (nSPS) is 18.8. The minimum atomic E-state index is -1.17. The fourth-order valence-electron chi connectivity index (χ4n) is 7.05. The van der Waals surface area contributed by atoms with Crippen LogP contribution in [0.3, 0.4) is 0 Å². The Bertz CT molecular complexity index is 1730. The van der Waals surface area contributed by atoms with E-state index in [4.69, 9.17) is 0 Å². The van der Waals surface area contributed by atoms with Gasteiger partial charge < -0.3 is 30.0 Å². The molecule has 4 amide bonds. The molecule has 0 saturated carbocycles. The molecule has 2 saturated heterocycles. The Balaban J connectivity index is 1.04. The number of rotatable bonds is 13. The molecule has 2 atom stereocenters. The van der Waals surface area contributed by atoms with Crippen molar-refractivity contribution in [1.82, 2.24) is 25.0 Å². The van der Waals surface area contributed by atoms with Crippen molar-refractivity contribution in [2.45, 2.75) is 50.6 Å². The van der Waals surface area contributed by atoms with Crippen molar-refractivity contribution >= 4 is 28.9 Å². The number of urea groups is 1. The number of imide groups is 1. The number of aromatic nitrogens is 1. The lowest BCUT2D eigenvalue weighted by atomic mass is 9.78. The highest BCUT2D eigenvalue weighted by Crippen LogP contribution is 2.32. The van der Waals surface area contributed by atoms with Crippen molar-refractivity contribution in [1.29, 1.82) is 0 Å². The van der Waals surface area contributed by atoms with Crippen LogP contribution in [0, 0.1) is 5.92 Å². The molecule has 48 heavy (non-hydrogen) atoms. The van der Waals surface area contributed by atoms with E-state index in [1.165, 1.54) is 9.80 Å². The van der Waals surface area contributed by atoms with E-state index in [-0.39, 0.29) is 11.9 Å². The third-order valence-electron chi connectivity index (χ3n) is 10.0. The number of aromatic amines is 1.